The molecular formula is C19H22N2O3. The molecule has 24 heavy (non-hydrogen) atoms. The maximum Gasteiger partial charge on any atom is 0.257 e. The van der Waals surface area contributed by atoms with E-state index in [9.17, 15) is 4.79 Å². The van der Waals surface area contributed by atoms with E-state index in [-0.39, 0.29) is 5.91 Å². The number of hydrogen-bond donors (Lipinski definition) is 1. The lowest BCUT2D eigenvalue weighted by molar-refractivity contribution is 0.0751. The van der Waals surface area contributed by atoms with Crippen molar-refractivity contribution in [1.82, 2.24) is 4.90 Å². The molecule has 1 heterocycles. The summed E-state index contributed by atoms with van der Waals surface area (Å²) in [5.41, 5.74) is 7.43. The van der Waals surface area contributed by atoms with Crippen molar-refractivity contribution in [2.24, 2.45) is 5.73 Å². The van der Waals surface area contributed by atoms with E-state index in [1.54, 1.807) is 11.0 Å². The van der Waals surface area contributed by atoms with Gasteiger partial charge in [-0.3, -0.25) is 4.79 Å². The lowest BCUT2D eigenvalue weighted by Crippen LogP contribution is -2.37. The standard InChI is InChI=1S/C19H22N2O3/c20-10-12-21(11-9-15-5-2-1-3-6-15)19(22)16-7-4-8-17-18(16)24-14-13-23-17/h1-8H,9-14,20H2. The monoisotopic (exact) mass is 326 g/mol. The highest BCUT2D eigenvalue weighted by Crippen LogP contribution is 2.34. The van der Waals surface area contributed by atoms with Gasteiger partial charge in [0.15, 0.2) is 11.5 Å². The molecule has 0 saturated heterocycles. The molecule has 0 radical (unpaired) electrons. The third-order valence-corrected chi connectivity index (χ3v) is 4.00. The summed E-state index contributed by atoms with van der Waals surface area (Å²) in [4.78, 5) is 14.7. The Morgan fingerprint density at radius 1 is 1.00 bits per heavy atom. The van der Waals surface area contributed by atoms with Crippen LogP contribution in [0.1, 0.15) is 15.9 Å². The van der Waals surface area contributed by atoms with Crippen LogP contribution in [0.5, 0.6) is 11.5 Å². The smallest absolute Gasteiger partial charge is 0.257 e. The van der Waals surface area contributed by atoms with Crippen molar-refractivity contribution in [2.45, 2.75) is 6.42 Å². The Bertz CT molecular complexity index is 688. The summed E-state index contributed by atoms with van der Waals surface area (Å²) in [7, 11) is 0. The van der Waals surface area contributed by atoms with Crippen LogP contribution in [0, 0.1) is 0 Å². The second kappa shape index (κ2) is 7.84. The fraction of sp³-hybridized carbons (Fsp3) is 0.316. The topological polar surface area (TPSA) is 64.8 Å². The molecule has 0 bridgehead atoms. The Hall–Kier alpha value is -2.53. The van der Waals surface area contributed by atoms with Gasteiger partial charge in [-0.05, 0) is 24.1 Å². The number of para-hydroxylation sites is 1. The van der Waals surface area contributed by atoms with Crippen LogP contribution >= 0.6 is 0 Å². The number of nitrogens with two attached hydrogens (primary N) is 1. The second-order valence-corrected chi connectivity index (χ2v) is 5.65. The summed E-state index contributed by atoms with van der Waals surface area (Å²) in [5, 5.41) is 0. The highest BCUT2D eigenvalue weighted by atomic mass is 16.6. The summed E-state index contributed by atoms with van der Waals surface area (Å²) in [5.74, 6) is 1.09. The van der Waals surface area contributed by atoms with Gasteiger partial charge in [0.25, 0.3) is 5.91 Å². The third kappa shape index (κ3) is 3.68. The molecule has 1 amide bonds. The number of carbonyl (C=O) groups is 1. The molecule has 0 aromatic heterocycles. The molecule has 0 spiro atoms. The summed E-state index contributed by atoms with van der Waals surface area (Å²) >= 11 is 0. The van der Waals surface area contributed by atoms with E-state index in [1.165, 1.54) is 5.56 Å². The molecule has 2 aromatic carbocycles. The predicted octanol–water partition coefficient (Wildman–Crippen LogP) is 2.10. The van der Waals surface area contributed by atoms with Crippen molar-refractivity contribution in [3.05, 3.63) is 59.7 Å². The molecule has 0 fully saturated rings. The van der Waals surface area contributed by atoms with Crippen LogP contribution in [-0.4, -0.2) is 43.7 Å². The first kappa shape index (κ1) is 16.3. The first-order chi connectivity index (χ1) is 11.8. The predicted molar refractivity (Wildman–Crippen MR) is 92.5 cm³/mol. The molecule has 2 aromatic rings. The molecule has 0 unspecified atom stereocenters. The van der Waals surface area contributed by atoms with Gasteiger partial charge >= 0.3 is 0 Å². The van der Waals surface area contributed by atoms with Crippen LogP contribution in [0.15, 0.2) is 48.5 Å². The summed E-state index contributed by atoms with van der Waals surface area (Å²) < 4.78 is 11.2. The Morgan fingerprint density at radius 3 is 2.58 bits per heavy atom. The minimum Gasteiger partial charge on any atom is -0.486 e. The molecule has 0 saturated carbocycles. The first-order valence-corrected chi connectivity index (χ1v) is 8.21. The average Bonchev–Trinajstić information content (AvgIpc) is 2.65. The fourth-order valence-electron chi connectivity index (χ4n) is 2.79. The Kier molecular flexibility index (Phi) is 5.33. The van der Waals surface area contributed by atoms with E-state index in [1.807, 2.05) is 30.3 Å². The van der Waals surface area contributed by atoms with Crippen molar-refractivity contribution in [1.29, 1.82) is 0 Å². The molecule has 5 heteroatoms. The van der Waals surface area contributed by atoms with Crippen LogP contribution < -0.4 is 15.2 Å². The molecule has 5 nitrogen and oxygen atoms in total. The van der Waals surface area contributed by atoms with E-state index in [2.05, 4.69) is 12.1 Å². The van der Waals surface area contributed by atoms with Crippen molar-refractivity contribution < 1.29 is 14.3 Å². The van der Waals surface area contributed by atoms with Gasteiger partial charge in [0.1, 0.15) is 13.2 Å². The van der Waals surface area contributed by atoms with Crippen molar-refractivity contribution in [3.63, 3.8) is 0 Å². The minimum atomic E-state index is -0.0706. The highest BCUT2D eigenvalue weighted by Gasteiger charge is 2.23. The van der Waals surface area contributed by atoms with Gasteiger partial charge in [0, 0.05) is 19.6 Å². The van der Waals surface area contributed by atoms with Gasteiger partial charge in [0.2, 0.25) is 0 Å². The van der Waals surface area contributed by atoms with E-state index >= 15 is 0 Å². The van der Waals surface area contributed by atoms with E-state index in [0.29, 0.717) is 49.9 Å². The Labute approximate surface area is 142 Å². The lowest BCUT2D eigenvalue weighted by Gasteiger charge is -2.25. The van der Waals surface area contributed by atoms with Gasteiger partial charge in [-0.2, -0.15) is 0 Å². The summed E-state index contributed by atoms with van der Waals surface area (Å²) in [6.45, 7) is 2.51. The van der Waals surface area contributed by atoms with Crippen LogP contribution in [0.3, 0.4) is 0 Å². The van der Waals surface area contributed by atoms with Gasteiger partial charge in [-0.15, -0.1) is 0 Å². The molecule has 3 rings (SSSR count). The van der Waals surface area contributed by atoms with Crippen molar-refractivity contribution >= 4 is 5.91 Å². The van der Waals surface area contributed by atoms with E-state index in [0.717, 1.165) is 6.42 Å². The number of fused-ring (bicyclic) bond motifs is 1. The Balaban J connectivity index is 1.77. The number of benzene rings is 2. The molecular weight excluding hydrogens is 304 g/mol. The number of amides is 1. The zero-order chi connectivity index (χ0) is 16.8. The molecule has 2 N–H and O–H groups in total. The first-order valence-electron chi connectivity index (χ1n) is 8.21. The molecule has 1 aliphatic heterocycles. The highest BCUT2D eigenvalue weighted by molar-refractivity contribution is 5.98. The second-order valence-electron chi connectivity index (χ2n) is 5.65. The van der Waals surface area contributed by atoms with Gasteiger partial charge < -0.3 is 20.1 Å². The number of ether oxygens (including phenoxy) is 2. The zero-order valence-corrected chi connectivity index (χ0v) is 13.6. The largest absolute Gasteiger partial charge is 0.486 e. The number of hydrogen-bond acceptors (Lipinski definition) is 4. The number of rotatable bonds is 6. The number of carbonyl (C=O) groups excluding carboxylic acids is 1. The molecule has 0 aliphatic carbocycles. The summed E-state index contributed by atoms with van der Waals surface area (Å²) in [6, 6.07) is 15.5. The van der Waals surface area contributed by atoms with Crippen LogP contribution in [0.4, 0.5) is 0 Å². The maximum absolute atomic E-state index is 13.0. The Morgan fingerprint density at radius 2 is 1.79 bits per heavy atom. The van der Waals surface area contributed by atoms with Gasteiger partial charge in [0.05, 0.1) is 5.56 Å². The quantitative estimate of drug-likeness (QED) is 0.883. The van der Waals surface area contributed by atoms with E-state index in [4.69, 9.17) is 15.2 Å². The zero-order valence-electron chi connectivity index (χ0n) is 13.6. The maximum atomic E-state index is 13.0. The summed E-state index contributed by atoms with van der Waals surface area (Å²) in [6.07, 6.45) is 0.791. The number of nitrogens with zero attached hydrogens (tertiary/aromatic N) is 1. The molecule has 1 aliphatic rings. The molecule has 0 atom stereocenters. The normalized spacial score (nSPS) is 12.7. The van der Waals surface area contributed by atoms with Crippen molar-refractivity contribution in [3.8, 4) is 11.5 Å². The van der Waals surface area contributed by atoms with Crippen LogP contribution in [-0.2, 0) is 6.42 Å². The fourth-order valence-corrected chi connectivity index (χ4v) is 2.79. The lowest BCUT2D eigenvalue weighted by atomic mass is 10.1. The van der Waals surface area contributed by atoms with Crippen LogP contribution in [0.2, 0.25) is 0 Å². The molecule has 126 valence electrons. The third-order valence-electron chi connectivity index (χ3n) is 4.00. The van der Waals surface area contributed by atoms with Crippen molar-refractivity contribution in [2.75, 3.05) is 32.8 Å². The van der Waals surface area contributed by atoms with Crippen LogP contribution in [0.25, 0.3) is 0 Å². The van der Waals surface area contributed by atoms with Gasteiger partial charge in [-0.1, -0.05) is 36.4 Å². The average molecular weight is 326 g/mol. The van der Waals surface area contributed by atoms with E-state index < -0.39 is 0 Å². The van der Waals surface area contributed by atoms with Gasteiger partial charge in [-0.25, -0.2) is 0 Å². The SMILES string of the molecule is NCCN(CCc1ccccc1)C(=O)c1cccc2c1OCCO2. The minimum absolute atomic E-state index is 0.0706.